The first kappa shape index (κ1) is 19.3. The van der Waals surface area contributed by atoms with Gasteiger partial charge in [0.25, 0.3) is 5.82 Å². The van der Waals surface area contributed by atoms with Crippen LogP contribution < -0.4 is 10.3 Å². The summed E-state index contributed by atoms with van der Waals surface area (Å²) in [6.07, 6.45) is 10.3. The quantitative estimate of drug-likeness (QED) is 0.778. The van der Waals surface area contributed by atoms with Gasteiger partial charge < -0.3 is 10.2 Å². The highest BCUT2D eigenvalue weighted by atomic mass is 16.2. The third kappa shape index (κ3) is 3.54. The molecule has 5 aliphatic rings. The Hall–Kier alpha value is -2.37. The molecule has 4 bridgehead atoms. The molecule has 5 fully saturated rings. The number of aryl methyl sites for hydroxylation is 1. The lowest BCUT2D eigenvalue weighted by molar-refractivity contribution is -0.357. The number of likely N-dealkylation sites (tertiary alicyclic amines) is 1. The minimum absolute atomic E-state index is 0.0163. The molecule has 0 unspecified atom stereocenters. The van der Waals surface area contributed by atoms with Crippen LogP contribution in [-0.4, -0.2) is 39.8 Å². The summed E-state index contributed by atoms with van der Waals surface area (Å²) < 4.78 is 0. The van der Waals surface area contributed by atoms with E-state index in [2.05, 4.69) is 15.3 Å². The van der Waals surface area contributed by atoms with Gasteiger partial charge >= 0.3 is 0 Å². The van der Waals surface area contributed by atoms with E-state index in [0.717, 1.165) is 66.7 Å². The molecule has 31 heavy (non-hydrogen) atoms. The average molecular weight is 422 g/mol. The number of imidazole rings is 1. The van der Waals surface area contributed by atoms with Crippen LogP contribution in [0.15, 0.2) is 24.3 Å². The van der Waals surface area contributed by atoms with Crippen LogP contribution in [0.25, 0.3) is 11.0 Å². The Bertz CT molecular complexity index is 944. The number of amides is 2. The van der Waals surface area contributed by atoms with E-state index in [1.807, 2.05) is 29.2 Å². The second-order valence-corrected chi connectivity index (χ2v) is 10.7. The molecular weight excluding hydrogens is 388 g/mol. The van der Waals surface area contributed by atoms with Crippen LogP contribution in [0.4, 0.5) is 0 Å². The van der Waals surface area contributed by atoms with E-state index in [-0.39, 0.29) is 23.4 Å². The van der Waals surface area contributed by atoms with Crippen LogP contribution in [0.1, 0.15) is 63.6 Å². The number of aromatic amines is 2. The molecule has 1 atom stereocenters. The van der Waals surface area contributed by atoms with Crippen molar-refractivity contribution in [3.05, 3.63) is 30.1 Å². The second kappa shape index (κ2) is 7.35. The van der Waals surface area contributed by atoms with E-state index in [9.17, 15) is 9.59 Å². The number of aromatic nitrogens is 2. The van der Waals surface area contributed by atoms with Gasteiger partial charge in [-0.2, -0.15) is 0 Å². The summed E-state index contributed by atoms with van der Waals surface area (Å²) in [5, 5.41) is 3.50. The number of carbonyl (C=O) groups is 2. The first-order valence-corrected chi connectivity index (χ1v) is 12.2. The lowest BCUT2D eigenvalue weighted by Crippen LogP contribution is -2.62. The van der Waals surface area contributed by atoms with Crippen LogP contribution in [0.5, 0.6) is 0 Å². The van der Waals surface area contributed by atoms with Gasteiger partial charge in [0.05, 0.1) is 6.42 Å². The maximum absolute atomic E-state index is 13.3. The van der Waals surface area contributed by atoms with Crippen LogP contribution in [0.3, 0.4) is 0 Å². The average Bonchev–Trinajstić information content (AvgIpc) is 3.37. The van der Waals surface area contributed by atoms with Gasteiger partial charge in [-0.05, 0) is 81.3 Å². The van der Waals surface area contributed by atoms with Crippen LogP contribution in [0, 0.1) is 17.8 Å². The van der Waals surface area contributed by atoms with E-state index in [1.54, 1.807) is 0 Å². The maximum Gasteiger partial charge on any atom is 0.253 e. The Morgan fingerprint density at radius 2 is 1.81 bits per heavy atom. The lowest BCUT2D eigenvalue weighted by atomic mass is 9.53. The molecule has 3 N–H and O–H groups in total. The van der Waals surface area contributed by atoms with Crippen molar-refractivity contribution in [2.45, 2.75) is 75.8 Å². The molecule has 2 aromatic rings. The van der Waals surface area contributed by atoms with Gasteiger partial charge in [-0.15, -0.1) is 0 Å². The number of hydrogen-bond acceptors (Lipinski definition) is 2. The standard InChI is InChI=1S/C25H32N4O2/c30-23(8-7-22-26-19-4-1-2-5-20(19)27-22)29-9-3-6-21(29)24(31)28-25-13-16-10-17(14-25)12-18(11-16)15-25/h1-2,4-5,16-18,21H,3,6-15H2,(H,26,27)(H,28,31)/p+1/t16?,17?,18?,21-,25?/m0/s1. The van der Waals surface area contributed by atoms with Crippen molar-refractivity contribution in [3.63, 3.8) is 0 Å². The van der Waals surface area contributed by atoms with Crippen molar-refractivity contribution in [2.75, 3.05) is 6.54 Å². The van der Waals surface area contributed by atoms with Crippen molar-refractivity contribution in [1.29, 1.82) is 0 Å². The summed E-state index contributed by atoms with van der Waals surface area (Å²) in [7, 11) is 0. The Kier molecular flexibility index (Phi) is 4.58. The summed E-state index contributed by atoms with van der Waals surface area (Å²) in [6, 6.07) is 7.77. The van der Waals surface area contributed by atoms with Gasteiger partial charge in [-0.25, -0.2) is 9.97 Å². The lowest BCUT2D eigenvalue weighted by Gasteiger charge is -2.57. The fourth-order valence-electron chi connectivity index (χ4n) is 7.50. The van der Waals surface area contributed by atoms with Gasteiger partial charge in [0.2, 0.25) is 11.8 Å². The van der Waals surface area contributed by atoms with Crippen molar-refractivity contribution in [2.24, 2.45) is 17.8 Å². The first-order valence-electron chi connectivity index (χ1n) is 12.2. The van der Waals surface area contributed by atoms with E-state index in [0.29, 0.717) is 19.4 Å². The smallest absolute Gasteiger partial charge is 0.253 e. The van der Waals surface area contributed by atoms with E-state index in [4.69, 9.17) is 0 Å². The summed E-state index contributed by atoms with van der Waals surface area (Å²) in [5.74, 6) is 3.57. The highest BCUT2D eigenvalue weighted by molar-refractivity contribution is 5.88. The highest BCUT2D eigenvalue weighted by Gasteiger charge is 2.52. The molecule has 164 valence electrons. The molecule has 1 aromatic heterocycles. The maximum atomic E-state index is 13.3. The number of hydrogen-bond donors (Lipinski definition) is 2. The zero-order chi connectivity index (χ0) is 21.0. The molecule has 0 radical (unpaired) electrons. The predicted molar refractivity (Wildman–Crippen MR) is 117 cm³/mol. The molecule has 4 saturated carbocycles. The number of fused-ring (bicyclic) bond motifs is 1. The summed E-state index contributed by atoms with van der Waals surface area (Å²) in [6.45, 7) is 0.703. The number of benzene rings is 1. The Morgan fingerprint density at radius 1 is 1.10 bits per heavy atom. The Balaban J connectivity index is 1.10. The third-order valence-electron chi connectivity index (χ3n) is 8.39. The van der Waals surface area contributed by atoms with Crippen molar-refractivity contribution >= 4 is 22.8 Å². The van der Waals surface area contributed by atoms with Crippen LogP contribution in [-0.2, 0) is 16.0 Å². The fourth-order valence-corrected chi connectivity index (χ4v) is 7.50. The molecule has 4 aliphatic carbocycles. The predicted octanol–water partition coefficient (Wildman–Crippen LogP) is 2.99. The Morgan fingerprint density at radius 3 is 2.52 bits per heavy atom. The van der Waals surface area contributed by atoms with Gasteiger partial charge in [0.15, 0.2) is 11.0 Å². The largest absolute Gasteiger partial charge is 0.349 e. The number of para-hydroxylation sites is 2. The normalized spacial score (nSPS) is 33.9. The number of nitrogens with zero attached hydrogens (tertiary/aromatic N) is 1. The molecule has 0 spiro atoms. The highest BCUT2D eigenvalue weighted by Crippen LogP contribution is 2.55. The summed E-state index contributed by atoms with van der Waals surface area (Å²) in [4.78, 5) is 34.9. The van der Waals surface area contributed by atoms with E-state index < -0.39 is 0 Å². The van der Waals surface area contributed by atoms with Crippen molar-refractivity contribution in [3.8, 4) is 0 Å². The number of nitrogens with one attached hydrogen (secondary N) is 3. The van der Waals surface area contributed by atoms with Gasteiger partial charge in [-0.1, -0.05) is 12.1 Å². The number of carbonyl (C=O) groups excluding carboxylic acids is 2. The topological polar surface area (TPSA) is 79.3 Å². The first-order chi connectivity index (χ1) is 15.1. The Labute approximate surface area is 183 Å². The molecular formula is C25H33N4O2+. The molecule has 2 amide bonds. The van der Waals surface area contributed by atoms with Gasteiger partial charge in [-0.3, -0.25) is 9.59 Å². The molecule has 7 rings (SSSR count). The third-order valence-corrected chi connectivity index (χ3v) is 8.39. The molecule has 6 nitrogen and oxygen atoms in total. The zero-order valence-corrected chi connectivity index (χ0v) is 18.2. The minimum atomic E-state index is -0.285. The van der Waals surface area contributed by atoms with Crippen LogP contribution >= 0.6 is 0 Å². The molecule has 6 heteroatoms. The summed E-state index contributed by atoms with van der Waals surface area (Å²) >= 11 is 0. The fraction of sp³-hybridized carbons (Fsp3) is 0.640. The van der Waals surface area contributed by atoms with Crippen LogP contribution in [0.2, 0.25) is 0 Å². The molecule has 1 aromatic carbocycles. The molecule has 1 saturated heterocycles. The summed E-state index contributed by atoms with van der Waals surface area (Å²) in [5.41, 5.74) is 2.13. The minimum Gasteiger partial charge on any atom is -0.349 e. The number of rotatable bonds is 5. The molecule has 1 aliphatic heterocycles. The van der Waals surface area contributed by atoms with Crippen molar-refractivity contribution in [1.82, 2.24) is 15.2 Å². The monoisotopic (exact) mass is 421 g/mol. The van der Waals surface area contributed by atoms with Gasteiger partial charge in [0, 0.05) is 18.5 Å². The molecule has 2 heterocycles. The van der Waals surface area contributed by atoms with Gasteiger partial charge in [0.1, 0.15) is 6.04 Å². The number of H-pyrrole nitrogens is 2. The van der Waals surface area contributed by atoms with E-state index >= 15 is 0 Å². The zero-order valence-electron chi connectivity index (χ0n) is 18.2. The second-order valence-electron chi connectivity index (χ2n) is 10.7. The van der Waals surface area contributed by atoms with E-state index in [1.165, 1.54) is 19.3 Å². The SMILES string of the molecule is O=C(NC12CC3CC(CC(C3)C1)C2)[C@@H]1CCCN1C(=O)CCc1[nH]c2ccccc2[nH+]1. The van der Waals surface area contributed by atoms with Crippen molar-refractivity contribution < 1.29 is 14.6 Å².